The van der Waals surface area contributed by atoms with E-state index in [0.717, 1.165) is 29.2 Å². The van der Waals surface area contributed by atoms with E-state index in [0.29, 0.717) is 0 Å². The fourth-order valence-electron chi connectivity index (χ4n) is 2.23. The van der Waals surface area contributed by atoms with Crippen LogP contribution in [0.1, 0.15) is 18.9 Å². The third kappa shape index (κ3) is 4.09. The average Bonchev–Trinajstić information content (AvgIpc) is 2.95. The van der Waals surface area contributed by atoms with Gasteiger partial charge < -0.3 is 10.4 Å². The quantitative estimate of drug-likeness (QED) is 0.735. The van der Waals surface area contributed by atoms with E-state index < -0.39 is 5.54 Å². The van der Waals surface area contributed by atoms with Crippen LogP contribution < -0.4 is 5.32 Å². The van der Waals surface area contributed by atoms with Crippen LogP contribution in [0.4, 0.5) is 0 Å². The first-order valence-corrected chi connectivity index (χ1v) is 8.21. The number of aliphatic hydroxyl groups excluding tert-OH is 1. The van der Waals surface area contributed by atoms with E-state index in [1.807, 2.05) is 37.6 Å². The first-order valence-electron chi connectivity index (χ1n) is 7.23. The minimum atomic E-state index is -0.419. The summed E-state index contributed by atoms with van der Waals surface area (Å²) in [4.78, 5) is 1.12. The Morgan fingerprint density at radius 2 is 2.10 bits per heavy atom. The molecule has 4 nitrogen and oxygen atoms in total. The van der Waals surface area contributed by atoms with E-state index in [-0.39, 0.29) is 6.61 Å². The van der Waals surface area contributed by atoms with Crippen LogP contribution in [0.15, 0.2) is 47.6 Å². The first-order chi connectivity index (χ1) is 10.2. The summed E-state index contributed by atoms with van der Waals surface area (Å²) >= 11 is 1.71. The van der Waals surface area contributed by atoms with Gasteiger partial charge >= 0.3 is 0 Å². The second kappa shape index (κ2) is 7.64. The summed E-state index contributed by atoms with van der Waals surface area (Å²) in [6.07, 6.45) is 4.89. The fraction of sp³-hybridized carbons (Fsp3) is 0.438. The lowest BCUT2D eigenvalue weighted by Crippen LogP contribution is -2.48. The van der Waals surface area contributed by atoms with Crippen molar-refractivity contribution in [3.05, 3.63) is 48.3 Å². The molecular formula is C16H23N3OS. The van der Waals surface area contributed by atoms with Crippen LogP contribution in [-0.4, -0.2) is 33.8 Å². The van der Waals surface area contributed by atoms with Gasteiger partial charge in [-0.25, -0.2) is 0 Å². The van der Waals surface area contributed by atoms with Gasteiger partial charge in [0.15, 0.2) is 0 Å². The molecule has 0 aliphatic carbocycles. The van der Waals surface area contributed by atoms with Gasteiger partial charge in [0.2, 0.25) is 0 Å². The van der Waals surface area contributed by atoms with Crippen LogP contribution in [0.5, 0.6) is 0 Å². The highest BCUT2D eigenvalue weighted by atomic mass is 32.2. The number of nitrogens with zero attached hydrogens (tertiary/aromatic N) is 2. The van der Waals surface area contributed by atoms with E-state index in [4.69, 9.17) is 0 Å². The minimum Gasteiger partial charge on any atom is -0.394 e. The summed E-state index contributed by atoms with van der Waals surface area (Å²) in [5.74, 6) is 0.763. The Morgan fingerprint density at radius 1 is 1.33 bits per heavy atom. The maximum absolute atomic E-state index is 10.0. The van der Waals surface area contributed by atoms with Crippen LogP contribution >= 0.6 is 11.8 Å². The second-order valence-corrected chi connectivity index (χ2v) is 6.22. The van der Waals surface area contributed by atoms with Crippen molar-refractivity contribution < 1.29 is 5.11 Å². The molecule has 0 saturated carbocycles. The molecule has 5 heteroatoms. The zero-order valence-corrected chi connectivity index (χ0v) is 13.4. The van der Waals surface area contributed by atoms with Crippen LogP contribution in [-0.2, 0) is 12.6 Å². The summed E-state index contributed by atoms with van der Waals surface area (Å²) < 4.78 is 1.80. The van der Waals surface area contributed by atoms with Gasteiger partial charge in [-0.1, -0.05) is 37.3 Å². The Morgan fingerprint density at radius 3 is 2.67 bits per heavy atom. The number of hydrogen-bond donors (Lipinski definition) is 2. The van der Waals surface area contributed by atoms with Gasteiger partial charge in [-0.15, -0.1) is 11.8 Å². The predicted octanol–water partition coefficient (Wildman–Crippen LogP) is 2.40. The lowest BCUT2D eigenvalue weighted by Gasteiger charge is -2.33. The molecule has 1 aromatic carbocycles. The summed E-state index contributed by atoms with van der Waals surface area (Å²) in [7, 11) is 1.91. The van der Waals surface area contributed by atoms with Crippen LogP contribution in [0, 0.1) is 0 Å². The zero-order valence-electron chi connectivity index (χ0n) is 12.6. The Kier molecular flexibility index (Phi) is 5.85. The van der Waals surface area contributed by atoms with Crippen molar-refractivity contribution in [1.82, 2.24) is 15.1 Å². The van der Waals surface area contributed by atoms with E-state index in [9.17, 15) is 5.11 Å². The van der Waals surface area contributed by atoms with E-state index in [2.05, 4.69) is 29.5 Å². The highest BCUT2D eigenvalue weighted by Crippen LogP contribution is 2.29. The van der Waals surface area contributed by atoms with Crippen LogP contribution in [0.2, 0.25) is 0 Å². The number of rotatable bonds is 8. The fourth-order valence-corrected chi connectivity index (χ4v) is 3.35. The maximum atomic E-state index is 10.0. The van der Waals surface area contributed by atoms with Gasteiger partial charge in [0.1, 0.15) is 0 Å². The summed E-state index contributed by atoms with van der Waals surface area (Å²) in [5.41, 5.74) is 0.704. The molecule has 1 aromatic heterocycles. The van der Waals surface area contributed by atoms with Gasteiger partial charge in [0, 0.05) is 23.9 Å². The number of aryl methyl sites for hydroxylation is 1. The van der Waals surface area contributed by atoms with Crippen molar-refractivity contribution in [2.24, 2.45) is 7.05 Å². The largest absolute Gasteiger partial charge is 0.394 e. The van der Waals surface area contributed by atoms with Crippen LogP contribution in [0.3, 0.4) is 0 Å². The SMILES string of the molecule is CCCNC(CO)(CSc1cnn(C)c1)c1ccccc1. The number of aliphatic hydroxyl groups is 1. The predicted molar refractivity (Wildman–Crippen MR) is 87.4 cm³/mol. The lowest BCUT2D eigenvalue weighted by atomic mass is 9.92. The number of benzene rings is 1. The number of hydrogen-bond acceptors (Lipinski definition) is 4. The molecule has 1 unspecified atom stereocenters. The smallest absolute Gasteiger partial charge is 0.0764 e. The van der Waals surface area contributed by atoms with Gasteiger partial charge in [0.05, 0.1) is 18.3 Å². The topological polar surface area (TPSA) is 50.1 Å². The summed E-state index contributed by atoms with van der Waals surface area (Å²) in [6.45, 7) is 3.09. The van der Waals surface area contributed by atoms with E-state index in [1.165, 1.54) is 0 Å². The Labute approximate surface area is 130 Å². The van der Waals surface area contributed by atoms with Gasteiger partial charge in [-0.3, -0.25) is 4.68 Å². The highest BCUT2D eigenvalue weighted by molar-refractivity contribution is 7.99. The third-order valence-corrected chi connectivity index (χ3v) is 4.66. The third-order valence-electron chi connectivity index (χ3n) is 3.48. The second-order valence-electron chi connectivity index (χ2n) is 5.17. The van der Waals surface area contributed by atoms with Crippen molar-refractivity contribution in [2.75, 3.05) is 18.9 Å². The zero-order chi connectivity index (χ0) is 15.1. The number of aromatic nitrogens is 2. The normalized spacial score (nSPS) is 14.0. The van der Waals surface area contributed by atoms with Crippen molar-refractivity contribution in [2.45, 2.75) is 23.8 Å². The summed E-state index contributed by atoms with van der Waals surface area (Å²) in [5, 5.41) is 17.8. The molecule has 114 valence electrons. The molecule has 0 fully saturated rings. The molecular weight excluding hydrogens is 282 g/mol. The molecule has 2 aromatic rings. The molecule has 0 aliphatic heterocycles. The van der Waals surface area contributed by atoms with Gasteiger partial charge in [-0.2, -0.15) is 5.10 Å². The maximum Gasteiger partial charge on any atom is 0.0764 e. The standard InChI is InChI=1S/C16H23N3OS/c1-3-9-17-16(12-20,14-7-5-4-6-8-14)13-21-15-10-18-19(2)11-15/h4-8,10-11,17,20H,3,9,12-13H2,1-2H3. The van der Waals surface area contributed by atoms with Crippen LogP contribution in [0.25, 0.3) is 0 Å². The summed E-state index contributed by atoms with van der Waals surface area (Å²) in [6, 6.07) is 10.2. The van der Waals surface area contributed by atoms with E-state index >= 15 is 0 Å². The average molecular weight is 305 g/mol. The van der Waals surface area contributed by atoms with Gasteiger partial charge in [0.25, 0.3) is 0 Å². The Hall–Kier alpha value is -1.30. The van der Waals surface area contributed by atoms with Crippen molar-refractivity contribution in [1.29, 1.82) is 0 Å². The molecule has 0 bridgehead atoms. The lowest BCUT2D eigenvalue weighted by molar-refractivity contribution is 0.179. The Bertz CT molecular complexity index is 543. The molecule has 21 heavy (non-hydrogen) atoms. The molecule has 2 rings (SSSR count). The van der Waals surface area contributed by atoms with Crippen molar-refractivity contribution >= 4 is 11.8 Å². The molecule has 0 saturated heterocycles. The molecule has 0 radical (unpaired) electrons. The molecule has 2 N–H and O–H groups in total. The molecule has 1 heterocycles. The monoisotopic (exact) mass is 305 g/mol. The minimum absolute atomic E-state index is 0.0737. The molecule has 0 spiro atoms. The molecule has 0 amide bonds. The van der Waals surface area contributed by atoms with E-state index in [1.54, 1.807) is 16.4 Å². The van der Waals surface area contributed by atoms with Crippen molar-refractivity contribution in [3.63, 3.8) is 0 Å². The highest BCUT2D eigenvalue weighted by Gasteiger charge is 2.31. The molecule has 0 aliphatic rings. The van der Waals surface area contributed by atoms with Gasteiger partial charge in [-0.05, 0) is 18.5 Å². The number of thioether (sulfide) groups is 1. The Balaban J connectivity index is 2.18. The first kappa shape index (κ1) is 16.1. The number of nitrogens with one attached hydrogen (secondary N) is 1. The molecule has 1 atom stereocenters. The van der Waals surface area contributed by atoms with Crippen molar-refractivity contribution in [3.8, 4) is 0 Å².